The summed E-state index contributed by atoms with van der Waals surface area (Å²) >= 11 is 0. The van der Waals surface area contributed by atoms with E-state index in [1.165, 1.54) is 22.5 Å². The maximum Gasteiger partial charge on any atom is 0.101 e. The Bertz CT molecular complexity index is 1560. The van der Waals surface area contributed by atoms with E-state index in [0.717, 1.165) is 28.1 Å². The SMILES string of the molecule is CC1(C)c2ccccc2N(c2cccc(-c3ccc(-c4ccc(C#N)cn4)cc3)c2)c2ccccc21. The molecule has 172 valence electrons. The molecule has 0 saturated carbocycles. The van der Waals surface area contributed by atoms with Gasteiger partial charge in [0.15, 0.2) is 0 Å². The summed E-state index contributed by atoms with van der Waals surface area (Å²) in [6.45, 7) is 4.62. The number of para-hydroxylation sites is 2. The van der Waals surface area contributed by atoms with Crippen molar-refractivity contribution >= 4 is 17.1 Å². The number of hydrogen-bond acceptors (Lipinski definition) is 3. The predicted molar refractivity (Wildman–Crippen MR) is 147 cm³/mol. The minimum atomic E-state index is -0.0728. The first kappa shape index (κ1) is 21.8. The maximum atomic E-state index is 9.02. The lowest BCUT2D eigenvalue weighted by molar-refractivity contribution is 0.632. The lowest BCUT2D eigenvalue weighted by atomic mass is 9.73. The number of rotatable bonds is 3. The van der Waals surface area contributed by atoms with Crippen molar-refractivity contribution in [2.24, 2.45) is 0 Å². The van der Waals surface area contributed by atoms with Gasteiger partial charge < -0.3 is 4.90 Å². The van der Waals surface area contributed by atoms with Gasteiger partial charge in [0.25, 0.3) is 0 Å². The van der Waals surface area contributed by atoms with Gasteiger partial charge in [-0.05, 0) is 58.7 Å². The largest absolute Gasteiger partial charge is 0.310 e. The molecule has 3 heteroatoms. The first-order chi connectivity index (χ1) is 17.6. The molecule has 0 N–H and O–H groups in total. The van der Waals surface area contributed by atoms with Crippen molar-refractivity contribution in [3.8, 4) is 28.5 Å². The summed E-state index contributed by atoms with van der Waals surface area (Å²) < 4.78 is 0. The number of hydrogen-bond donors (Lipinski definition) is 0. The van der Waals surface area contributed by atoms with E-state index >= 15 is 0 Å². The average molecular weight is 464 g/mol. The second-order valence-electron chi connectivity index (χ2n) is 9.67. The Hall–Kier alpha value is -4.68. The highest BCUT2D eigenvalue weighted by Crippen LogP contribution is 2.51. The Morgan fingerprint density at radius 2 is 1.31 bits per heavy atom. The van der Waals surface area contributed by atoms with Crippen molar-refractivity contribution in [2.45, 2.75) is 19.3 Å². The van der Waals surface area contributed by atoms with Gasteiger partial charge in [0, 0.05) is 22.9 Å². The maximum absolute atomic E-state index is 9.02. The Labute approximate surface area is 211 Å². The van der Waals surface area contributed by atoms with Crippen molar-refractivity contribution in [1.29, 1.82) is 5.26 Å². The normalized spacial score (nSPS) is 13.4. The smallest absolute Gasteiger partial charge is 0.101 e. The minimum absolute atomic E-state index is 0.0728. The van der Waals surface area contributed by atoms with Crippen LogP contribution in [0.3, 0.4) is 0 Å². The summed E-state index contributed by atoms with van der Waals surface area (Å²) in [5, 5.41) is 9.02. The molecular formula is C33H25N3. The first-order valence-electron chi connectivity index (χ1n) is 12.1. The Balaban J connectivity index is 1.40. The molecule has 2 heterocycles. The van der Waals surface area contributed by atoms with E-state index in [2.05, 4.69) is 127 Å². The van der Waals surface area contributed by atoms with Crippen LogP contribution in [-0.2, 0) is 5.41 Å². The molecule has 0 atom stereocenters. The average Bonchev–Trinajstić information content (AvgIpc) is 2.94. The topological polar surface area (TPSA) is 39.9 Å². The van der Waals surface area contributed by atoms with Gasteiger partial charge >= 0.3 is 0 Å². The highest BCUT2D eigenvalue weighted by atomic mass is 15.2. The van der Waals surface area contributed by atoms with Crippen LogP contribution >= 0.6 is 0 Å². The third-order valence-electron chi connectivity index (χ3n) is 7.15. The number of benzene rings is 4. The molecule has 0 spiro atoms. The highest BCUT2D eigenvalue weighted by molar-refractivity contribution is 5.87. The summed E-state index contributed by atoms with van der Waals surface area (Å²) in [7, 11) is 0. The van der Waals surface area contributed by atoms with Crippen LogP contribution in [0.4, 0.5) is 17.1 Å². The van der Waals surface area contributed by atoms with Crippen molar-refractivity contribution in [2.75, 3.05) is 4.90 Å². The zero-order valence-corrected chi connectivity index (χ0v) is 20.3. The van der Waals surface area contributed by atoms with Gasteiger partial charge in [-0.1, -0.05) is 86.6 Å². The summed E-state index contributed by atoms with van der Waals surface area (Å²) in [4.78, 5) is 6.81. The second kappa shape index (κ2) is 8.52. The molecule has 0 bridgehead atoms. The van der Waals surface area contributed by atoms with Gasteiger partial charge in [-0.2, -0.15) is 5.26 Å². The van der Waals surface area contributed by atoms with Crippen LogP contribution in [-0.4, -0.2) is 4.98 Å². The minimum Gasteiger partial charge on any atom is -0.310 e. The molecule has 0 radical (unpaired) electrons. The van der Waals surface area contributed by atoms with Crippen LogP contribution < -0.4 is 4.90 Å². The fraction of sp³-hybridized carbons (Fsp3) is 0.0909. The molecule has 5 aromatic rings. The molecule has 36 heavy (non-hydrogen) atoms. The molecule has 4 aromatic carbocycles. The van der Waals surface area contributed by atoms with Crippen molar-refractivity contribution in [3.05, 3.63) is 132 Å². The molecule has 0 unspecified atom stereocenters. The molecule has 3 nitrogen and oxygen atoms in total. The molecule has 0 aliphatic carbocycles. The fourth-order valence-corrected chi connectivity index (χ4v) is 5.24. The molecule has 1 aromatic heterocycles. The number of anilines is 3. The van der Waals surface area contributed by atoms with Crippen LogP contribution in [0.25, 0.3) is 22.4 Å². The number of nitrogens with zero attached hydrogens (tertiary/aromatic N) is 3. The van der Waals surface area contributed by atoms with E-state index in [-0.39, 0.29) is 5.41 Å². The van der Waals surface area contributed by atoms with Crippen LogP contribution in [0.1, 0.15) is 30.5 Å². The van der Waals surface area contributed by atoms with E-state index in [1.54, 1.807) is 12.3 Å². The van der Waals surface area contributed by atoms with Crippen molar-refractivity contribution < 1.29 is 0 Å². The molecular weight excluding hydrogens is 438 g/mol. The fourth-order valence-electron chi connectivity index (χ4n) is 5.24. The number of fused-ring (bicyclic) bond motifs is 2. The molecule has 1 aliphatic heterocycles. The Kier molecular flexibility index (Phi) is 5.16. The molecule has 6 rings (SSSR count). The van der Waals surface area contributed by atoms with Gasteiger partial charge in [0.05, 0.1) is 22.6 Å². The van der Waals surface area contributed by atoms with Crippen LogP contribution in [0.15, 0.2) is 115 Å². The zero-order chi connectivity index (χ0) is 24.7. The van der Waals surface area contributed by atoms with Crippen LogP contribution in [0, 0.1) is 11.3 Å². The summed E-state index contributed by atoms with van der Waals surface area (Å²) in [6, 6.07) is 40.4. The predicted octanol–water partition coefficient (Wildman–Crippen LogP) is 8.40. The number of aromatic nitrogens is 1. The first-order valence-corrected chi connectivity index (χ1v) is 12.1. The second-order valence-corrected chi connectivity index (χ2v) is 9.67. The lowest BCUT2D eigenvalue weighted by Crippen LogP contribution is -2.30. The zero-order valence-electron chi connectivity index (χ0n) is 20.3. The summed E-state index contributed by atoms with van der Waals surface area (Å²) in [5.74, 6) is 0. The molecule has 1 aliphatic rings. The molecule has 0 fully saturated rings. The van der Waals surface area contributed by atoms with Gasteiger partial charge in [-0.25, -0.2) is 0 Å². The Morgan fingerprint density at radius 3 is 1.92 bits per heavy atom. The monoisotopic (exact) mass is 463 g/mol. The third kappa shape index (κ3) is 3.56. The van der Waals surface area contributed by atoms with E-state index in [9.17, 15) is 0 Å². The van der Waals surface area contributed by atoms with Crippen LogP contribution in [0.2, 0.25) is 0 Å². The molecule has 0 saturated heterocycles. The number of nitriles is 1. The van der Waals surface area contributed by atoms with E-state index in [0.29, 0.717) is 5.56 Å². The summed E-state index contributed by atoms with van der Waals surface area (Å²) in [6.07, 6.45) is 1.61. The lowest BCUT2D eigenvalue weighted by Gasteiger charge is -2.42. The quantitative estimate of drug-likeness (QED) is 0.270. The van der Waals surface area contributed by atoms with Crippen molar-refractivity contribution in [3.63, 3.8) is 0 Å². The Morgan fingerprint density at radius 1 is 0.667 bits per heavy atom. The van der Waals surface area contributed by atoms with Gasteiger partial charge in [-0.15, -0.1) is 0 Å². The van der Waals surface area contributed by atoms with E-state index in [1.807, 2.05) is 6.07 Å². The van der Waals surface area contributed by atoms with Gasteiger partial charge in [0.2, 0.25) is 0 Å². The highest BCUT2D eigenvalue weighted by Gasteiger charge is 2.36. The van der Waals surface area contributed by atoms with Gasteiger partial charge in [0.1, 0.15) is 6.07 Å². The van der Waals surface area contributed by atoms with E-state index in [4.69, 9.17) is 5.26 Å². The van der Waals surface area contributed by atoms with Crippen LogP contribution in [0.5, 0.6) is 0 Å². The van der Waals surface area contributed by atoms with Gasteiger partial charge in [-0.3, -0.25) is 4.98 Å². The van der Waals surface area contributed by atoms with E-state index < -0.39 is 0 Å². The summed E-state index contributed by atoms with van der Waals surface area (Å²) in [5.41, 5.74) is 10.9. The molecule has 0 amide bonds. The standard InChI is InChI=1S/C33H25N3/c1-33(2)28-10-3-5-12-31(28)36(32-13-6-4-11-29(32)33)27-9-7-8-26(20-27)24-15-17-25(18-16-24)30-19-14-23(21-34)22-35-30/h3-20,22H,1-2H3. The third-order valence-corrected chi connectivity index (χ3v) is 7.15. The number of pyridine rings is 1. The van der Waals surface area contributed by atoms with Crippen molar-refractivity contribution in [1.82, 2.24) is 4.98 Å².